The molecule has 7 heteroatoms. The second-order valence-electron chi connectivity index (χ2n) is 8.11. The van der Waals surface area contributed by atoms with E-state index in [0.29, 0.717) is 36.1 Å². The van der Waals surface area contributed by atoms with Crippen molar-refractivity contribution in [1.82, 2.24) is 9.97 Å². The Balaban J connectivity index is 1.27. The van der Waals surface area contributed by atoms with Gasteiger partial charge >= 0.3 is 6.01 Å². The van der Waals surface area contributed by atoms with Gasteiger partial charge < -0.3 is 9.47 Å². The smallest absolute Gasteiger partial charge is 0.316 e. The summed E-state index contributed by atoms with van der Waals surface area (Å²) >= 11 is 0. The van der Waals surface area contributed by atoms with Crippen molar-refractivity contribution < 1.29 is 22.6 Å². The molecule has 0 aliphatic carbocycles. The van der Waals surface area contributed by atoms with Gasteiger partial charge in [0.1, 0.15) is 11.9 Å². The zero-order valence-corrected chi connectivity index (χ0v) is 18.4. The lowest BCUT2D eigenvalue weighted by molar-refractivity contribution is 0.380. The number of hydrogen-bond acceptors (Lipinski definition) is 4. The van der Waals surface area contributed by atoms with Crippen LogP contribution in [0.2, 0.25) is 0 Å². The lowest BCUT2D eigenvalue weighted by atomic mass is 9.98. The molecule has 0 spiro atoms. The first-order chi connectivity index (χ1) is 16.5. The van der Waals surface area contributed by atoms with Crippen molar-refractivity contribution in [2.24, 2.45) is 0 Å². The van der Waals surface area contributed by atoms with Crippen LogP contribution in [-0.2, 0) is 17.6 Å². The molecule has 1 aliphatic rings. The summed E-state index contributed by atoms with van der Waals surface area (Å²) < 4.78 is 53.8. The van der Waals surface area contributed by atoms with E-state index in [1.165, 1.54) is 31.6 Å². The summed E-state index contributed by atoms with van der Waals surface area (Å²) in [6.45, 7) is 0.564. The Bertz CT molecular complexity index is 1320. The molecule has 0 saturated carbocycles. The van der Waals surface area contributed by atoms with Crippen LogP contribution >= 0.6 is 0 Å². The third-order valence-electron chi connectivity index (χ3n) is 5.93. The Morgan fingerprint density at radius 1 is 0.853 bits per heavy atom. The molecule has 5 rings (SSSR count). The molecule has 0 radical (unpaired) electrons. The van der Waals surface area contributed by atoms with E-state index in [4.69, 9.17) is 9.47 Å². The average molecular weight is 462 g/mol. The molecular weight excluding hydrogens is 441 g/mol. The maximum Gasteiger partial charge on any atom is 0.316 e. The Kier molecular flexibility index (Phi) is 6.02. The van der Waals surface area contributed by atoms with Crippen molar-refractivity contribution in [1.29, 1.82) is 0 Å². The standard InChI is InChI=1S/C27H21F3N2O2/c1-33-27-31-13-20(14-32-27)21-10-8-18(25(29)26(21)30)7-4-16-2-5-17(6-3-16)19-9-11-22(23(28)12-19)24-15-34-24/h2-3,5-6,8-14,24H,4,7,15H2,1H3. The highest BCUT2D eigenvalue weighted by Crippen LogP contribution is 2.34. The fourth-order valence-electron chi connectivity index (χ4n) is 3.90. The lowest BCUT2D eigenvalue weighted by Crippen LogP contribution is -2.00. The zero-order valence-electron chi connectivity index (χ0n) is 18.4. The largest absolute Gasteiger partial charge is 0.467 e. The monoisotopic (exact) mass is 462 g/mol. The maximum absolute atomic E-state index is 14.7. The number of hydrogen-bond donors (Lipinski definition) is 0. The summed E-state index contributed by atoms with van der Waals surface area (Å²) in [6, 6.07) is 16.1. The molecule has 1 fully saturated rings. The van der Waals surface area contributed by atoms with Gasteiger partial charge in [0.05, 0.1) is 13.7 Å². The first kappa shape index (κ1) is 22.1. The highest BCUT2D eigenvalue weighted by atomic mass is 19.2. The highest BCUT2D eigenvalue weighted by molar-refractivity contribution is 5.65. The van der Waals surface area contributed by atoms with Crippen LogP contribution in [0.3, 0.4) is 0 Å². The maximum atomic E-state index is 14.7. The van der Waals surface area contributed by atoms with Crippen molar-refractivity contribution >= 4 is 0 Å². The Morgan fingerprint density at radius 3 is 2.21 bits per heavy atom. The molecule has 172 valence electrons. The van der Waals surface area contributed by atoms with E-state index >= 15 is 0 Å². The predicted octanol–water partition coefficient (Wildman–Crippen LogP) is 6.09. The van der Waals surface area contributed by atoms with E-state index in [2.05, 4.69) is 9.97 Å². The number of benzene rings is 3. The normalized spacial score (nSPS) is 14.8. The predicted molar refractivity (Wildman–Crippen MR) is 122 cm³/mol. The molecule has 2 heterocycles. The summed E-state index contributed by atoms with van der Waals surface area (Å²) in [4.78, 5) is 7.88. The number of epoxide rings is 1. The number of aromatic nitrogens is 2. The topological polar surface area (TPSA) is 47.5 Å². The number of rotatable bonds is 7. The second kappa shape index (κ2) is 9.27. The van der Waals surface area contributed by atoms with Gasteiger partial charge in [-0.3, -0.25) is 0 Å². The first-order valence-corrected chi connectivity index (χ1v) is 10.9. The molecule has 1 saturated heterocycles. The molecule has 0 amide bonds. The van der Waals surface area contributed by atoms with E-state index < -0.39 is 11.6 Å². The van der Waals surface area contributed by atoms with Crippen molar-refractivity contribution in [3.05, 3.63) is 101 Å². The van der Waals surface area contributed by atoms with Crippen LogP contribution < -0.4 is 4.74 Å². The molecule has 4 aromatic rings. The van der Waals surface area contributed by atoms with Crippen molar-refractivity contribution in [3.63, 3.8) is 0 Å². The number of nitrogens with zero attached hydrogens (tertiary/aromatic N) is 2. The third-order valence-corrected chi connectivity index (χ3v) is 5.93. The minimum absolute atomic E-state index is 0.0970. The minimum atomic E-state index is -0.927. The van der Waals surface area contributed by atoms with Crippen LogP contribution in [0.25, 0.3) is 22.3 Å². The summed E-state index contributed by atoms with van der Waals surface area (Å²) in [5.41, 5.74) is 3.97. The van der Waals surface area contributed by atoms with Gasteiger partial charge in [-0.25, -0.2) is 23.1 Å². The molecule has 4 nitrogen and oxygen atoms in total. The van der Waals surface area contributed by atoms with E-state index in [9.17, 15) is 13.2 Å². The van der Waals surface area contributed by atoms with E-state index in [1.54, 1.807) is 12.1 Å². The molecule has 0 N–H and O–H groups in total. The fraction of sp³-hybridized carbons (Fsp3) is 0.185. The summed E-state index contributed by atoms with van der Waals surface area (Å²) in [5.74, 6) is -2.07. The molecule has 1 aromatic heterocycles. The average Bonchev–Trinajstić information content (AvgIpc) is 3.71. The van der Waals surface area contributed by atoms with Crippen molar-refractivity contribution in [3.8, 4) is 28.3 Å². The minimum Gasteiger partial charge on any atom is -0.467 e. The van der Waals surface area contributed by atoms with Gasteiger partial charge in [0.25, 0.3) is 0 Å². The SMILES string of the molecule is COc1ncc(-c2ccc(CCc3ccc(-c4ccc(C5CO5)c(F)c4)cc3)c(F)c2F)cn1. The van der Waals surface area contributed by atoms with Crippen LogP contribution in [0.15, 0.2) is 67.0 Å². The van der Waals surface area contributed by atoms with Gasteiger partial charge in [0, 0.05) is 29.1 Å². The quantitative estimate of drug-likeness (QED) is 0.312. The molecule has 0 bridgehead atoms. The van der Waals surface area contributed by atoms with Crippen LogP contribution in [0.4, 0.5) is 13.2 Å². The number of ether oxygens (including phenoxy) is 2. The second-order valence-corrected chi connectivity index (χ2v) is 8.11. The Morgan fingerprint density at radius 2 is 1.56 bits per heavy atom. The number of methoxy groups -OCH3 is 1. The first-order valence-electron chi connectivity index (χ1n) is 10.9. The number of aryl methyl sites for hydroxylation is 2. The molecule has 1 atom stereocenters. The van der Waals surface area contributed by atoms with E-state index in [-0.39, 0.29) is 23.5 Å². The van der Waals surface area contributed by atoms with Crippen molar-refractivity contribution in [2.75, 3.05) is 13.7 Å². The highest BCUT2D eigenvalue weighted by Gasteiger charge is 2.27. The van der Waals surface area contributed by atoms with Gasteiger partial charge in [-0.05, 0) is 41.2 Å². The molecule has 34 heavy (non-hydrogen) atoms. The Labute approximate surface area is 195 Å². The van der Waals surface area contributed by atoms with Gasteiger partial charge in [-0.15, -0.1) is 0 Å². The number of halogens is 3. The van der Waals surface area contributed by atoms with Gasteiger partial charge in [-0.2, -0.15) is 0 Å². The molecule has 1 aliphatic heterocycles. The third kappa shape index (κ3) is 4.52. The molecular formula is C27H21F3N2O2. The van der Waals surface area contributed by atoms with Gasteiger partial charge in [0.2, 0.25) is 0 Å². The zero-order chi connectivity index (χ0) is 23.7. The van der Waals surface area contributed by atoms with Gasteiger partial charge in [-0.1, -0.05) is 48.5 Å². The summed E-state index contributed by atoms with van der Waals surface area (Å²) in [5, 5.41) is 0. The van der Waals surface area contributed by atoms with E-state index in [1.807, 2.05) is 30.3 Å². The summed E-state index contributed by atoms with van der Waals surface area (Å²) in [6.07, 6.45) is 3.54. The molecule has 3 aromatic carbocycles. The lowest BCUT2D eigenvalue weighted by Gasteiger charge is -2.10. The van der Waals surface area contributed by atoms with Crippen LogP contribution in [-0.4, -0.2) is 23.7 Å². The van der Waals surface area contributed by atoms with Crippen LogP contribution in [0, 0.1) is 17.5 Å². The van der Waals surface area contributed by atoms with E-state index in [0.717, 1.165) is 16.7 Å². The fourth-order valence-corrected chi connectivity index (χ4v) is 3.90. The Hall–Kier alpha value is -3.71. The van der Waals surface area contributed by atoms with Gasteiger partial charge in [0.15, 0.2) is 11.6 Å². The van der Waals surface area contributed by atoms with Crippen LogP contribution in [0.5, 0.6) is 6.01 Å². The summed E-state index contributed by atoms with van der Waals surface area (Å²) in [7, 11) is 1.43. The molecule has 1 unspecified atom stereocenters. The van der Waals surface area contributed by atoms with Crippen LogP contribution in [0.1, 0.15) is 22.8 Å². The van der Waals surface area contributed by atoms with Crippen molar-refractivity contribution in [2.45, 2.75) is 18.9 Å².